The van der Waals surface area contributed by atoms with Crippen LogP contribution in [0.2, 0.25) is 0 Å². The molecule has 3 rings (SSSR count). The maximum atomic E-state index is 12.3. The normalized spacial score (nSPS) is 17.6. The molecule has 1 aliphatic heterocycles. The molecule has 0 spiro atoms. The Hall–Kier alpha value is -2.63. The summed E-state index contributed by atoms with van der Waals surface area (Å²) in [6.45, 7) is 9.76. The number of sulfone groups is 1. The molecule has 0 N–H and O–H groups in total. The van der Waals surface area contributed by atoms with E-state index >= 15 is 0 Å². The van der Waals surface area contributed by atoms with Gasteiger partial charge in [0.05, 0.1) is 41.1 Å². The Balaban J connectivity index is 2.07. The van der Waals surface area contributed by atoms with Crippen LogP contribution in [0, 0.1) is 10.1 Å². The van der Waals surface area contributed by atoms with Crippen molar-refractivity contribution in [1.29, 1.82) is 0 Å². The molecule has 0 aromatic heterocycles. The van der Waals surface area contributed by atoms with Crippen molar-refractivity contribution >= 4 is 28.1 Å². The van der Waals surface area contributed by atoms with Crippen LogP contribution in [0.4, 0.5) is 5.69 Å². The van der Waals surface area contributed by atoms with Crippen LogP contribution < -0.4 is 14.9 Å². The zero-order chi connectivity index (χ0) is 26.9. The van der Waals surface area contributed by atoms with Crippen LogP contribution in [0.3, 0.4) is 0 Å². The zero-order valence-electron chi connectivity index (χ0n) is 21.9. The van der Waals surface area contributed by atoms with Gasteiger partial charge in [-0.15, -0.1) is 0 Å². The highest BCUT2D eigenvalue weighted by atomic mass is 32.2. The molecule has 1 atom stereocenters. The van der Waals surface area contributed by atoms with Crippen molar-refractivity contribution in [1.82, 2.24) is 0 Å². The van der Waals surface area contributed by atoms with E-state index in [0.717, 1.165) is 6.26 Å². The number of ether oxygens (including phenoxy) is 2. The van der Waals surface area contributed by atoms with Gasteiger partial charge in [0, 0.05) is 17.7 Å². The summed E-state index contributed by atoms with van der Waals surface area (Å²) in [5.41, 5.74) is -0.0835. The van der Waals surface area contributed by atoms with Crippen molar-refractivity contribution in [2.75, 3.05) is 25.7 Å². The summed E-state index contributed by atoms with van der Waals surface area (Å²) in [6, 6.07) is 10.2. The Morgan fingerprint density at radius 2 is 1.72 bits per heavy atom. The van der Waals surface area contributed by atoms with E-state index in [-0.39, 0.29) is 17.9 Å². The second-order valence-electron chi connectivity index (χ2n) is 10.0. The fraction of sp³-hybridized carbons (Fsp3) is 0.520. The minimum absolute atomic E-state index is 0.120. The van der Waals surface area contributed by atoms with Gasteiger partial charge in [-0.3, -0.25) is 10.1 Å². The third-order valence-corrected chi connectivity index (χ3v) is 7.78. The lowest BCUT2D eigenvalue weighted by molar-refractivity contribution is -0.384. The molecular formula is C25H34BNO8S. The van der Waals surface area contributed by atoms with Gasteiger partial charge in [0.25, 0.3) is 5.69 Å². The first-order valence-electron chi connectivity index (χ1n) is 11.8. The summed E-state index contributed by atoms with van der Waals surface area (Å²) < 4.78 is 47.9. The molecule has 36 heavy (non-hydrogen) atoms. The molecule has 0 saturated carbocycles. The molecule has 0 unspecified atom stereocenters. The molecule has 0 amide bonds. The molecule has 1 aliphatic rings. The van der Waals surface area contributed by atoms with E-state index in [4.69, 9.17) is 18.8 Å². The van der Waals surface area contributed by atoms with Gasteiger partial charge in [0.15, 0.2) is 11.5 Å². The highest BCUT2D eigenvalue weighted by Gasteiger charge is 2.53. The quantitative estimate of drug-likeness (QED) is 0.265. The zero-order valence-corrected chi connectivity index (χ0v) is 22.7. The van der Waals surface area contributed by atoms with Gasteiger partial charge >= 0.3 is 7.12 Å². The van der Waals surface area contributed by atoms with E-state index in [1.165, 1.54) is 7.11 Å². The number of hydrogen-bond acceptors (Lipinski definition) is 8. The second-order valence-corrected chi connectivity index (χ2v) is 12.2. The Labute approximate surface area is 213 Å². The first kappa shape index (κ1) is 28.0. The number of hydrogen-bond donors (Lipinski definition) is 0. The Bertz CT molecular complexity index is 1210. The number of rotatable bonds is 10. The Morgan fingerprint density at radius 1 is 1.08 bits per heavy atom. The van der Waals surface area contributed by atoms with Gasteiger partial charge in [-0.25, -0.2) is 8.42 Å². The summed E-state index contributed by atoms with van der Waals surface area (Å²) in [5.74, 6) is 0.254. The molecule has 2 aromatic rings. The van der Waals surface area contributed by atoms with Crippen LogP contribution in [0.5, 0.6) is 11.5 Å². The van der Waals surface area contributed by atoms with Crippen molar-refractivity contribution in [3.8, 4) is 11.5 Å². The van der Waals surface area contributed by atoms with E-state index in [2.05, 4.69) is 0 Å². The lowest BCUT2D eigenvalue weighted by Crippen LogP contribution is -2.41. The van der Waals surface area contributed by atoms with Crippen LogP contribution in [0.25, 0.3) is 0 Å². The first-order chi connectivity index (χ1) is 16.7. The lowest BCUT2D eigenvalue weighted by Gasteiger charge is -2.32. The first-order valence-corrected chi connectivity index (χ1v) is 13.9. The van der Waals surface area contributed by atoms with E-state index < -0.39 is 39.0 Å². The average molecular weight is 519 g/mol. The van der Waals surface area contributed by atoms with Gasteiger partial charge in [0.2, 0.25) is 0 Å². The largest absolute Gasteiger partial charge is 0.501 e. The summed E-state index contributed by atoms with van der Waals surface area (Å²) >= 11 is 0. The summed E-state index contributed by atoms with van der Waals surface area (Å²) in [4.78, 5) is 11.8. The highest BCUT2D eigenvalue weighted by molar-refractivity contribution is 7.90. The van der Waals surface area contributed by atoms with E-state index in [1.54, 1.807) is 36.4 Å². The standard InChI is InChI=1S/C25H34BNO8S/c1-8-33-22-15-17(12-13-21(22)32-6)19(16-36(7,30)31)14-18-10-9-11-20(23(18)27(28)29)26-34-24(2,3)25(4,5)35-26/h9-13,15,19H,8,14,16H2,1-7H3/t19-/m1/s1. The number of nitrogens with zero attached hydrogens (tertiary/aromatic N) is 1. The van der Waals surface area contributed by atoms with E-state index in [1.807, 2.05) is 34.6 Å². The van der Waals surface area contributed by atoms with Crippen LogP contribution in [0.1, 0.15) is 51.7 Å². The van der Waals surface area contributed by atoms with Gasteiger partial charge in [-0.05, 0) is 58.7 Å². The molecule has 9 nitrogen and oxygen atoms in total. The van der Waals surface area contributed by atoms with Gasteiger partial charge in [-0.1, -0.05) is 24.3 Å². The number of methoxy groups -OCH3 is 1. The molecule has 1 heterocycles. The highest BCUT2D eigenvalue weighted by Crippen LogP contribution is 2.38. The molecule has 11 heteroatoms. The van der Waals surface area contributed by atoms with Crippen molar-refractivity contribution in [2.24, 2.45) is 0 Å². The van der Waals surface area contributed by atoms with Crippen LogP contribution in [-0.2, 0) is 25.6 Å². The monoisotopic (exact) mass is 519 g/mol. The van der Waals surface area contributed by atoms with E-state index in [9.17, 15) is 18.5 Å². The van der Waals surface area contributed by atoms with Crippen molar-refractivity contribution in [3.63, 3.8) is 0 Å². The molecule has 0 aliphatic carbocycles. The van der Waals surface area contributed by atoms with Gasteiger partial charge in [0.1, 0.15) is 9.84 Å². The fourth-order valence-electron chi connectivity index (χ4n) is 4.28. The third kappa shape index (κ3) is 6.01. The SMILES string of the molecule is CCOc1cc([C@H](Cc2cccc(B3OC(C)(C)C(C)(C)O3)c2[N+](=O)[O-])CS(C)(=O)=O)ccc1OC. The summed E-state index contributed by atoms with van der Waals surface area (Å²) in [7, 11) is -2.81. The predicted molar refractivity (Wildman–Crippen MR) is 139 cm³/mol. The maximum Gasteiger partial charge on any atom is 0.501 e. The van der Waals surface area contributed by atoms with Crippen molar-refractivity contribution in [3.05, 3.63) is 57.6 Å². The smallest absolute Gasteiger partial charge is 0.493 e. The summed E-state index contributed by atoms with van der Waals surface area (Å²) in [5, 5.41) is 12.3. The average Bonchev–Trinajstić information content (AvgIpc) is 2.99. The molecule has 1 fully saturated rings. The van der Waals surface area contributed by atoms with Crippen LogP contribution in [0.15, 0.2) is 36.4 Å². The van der Waals surface area contributed by atoms with Gasteiger partial charge in [-0.2, -0.15) is 0 Å². The fourth-order valence-corrected chi connectivity index (χ4v) is 5.32. The molecular weight excluding hydrogens is 485 g/mol. The topological polar surface area (TPSA) is 114 Å². The lowest BCUT2D eigenvalue weighted by atomic mass is 9.76. The van der Waals surface area contributed by atoms with Gasteiger partial charge < -0.3 is 18.8 Å². The Morgan fingerprint density at radius 3 is 2.25 bits per heavy atom. The minimum Gasteiger partial charge on any atom is -0.493 e. The van der Waals surface area contributed by atoms with Crippen LogP contribution >= 0.6 is 0 Å². The third-order valence-electron chi connectivity index (χ3n) is 6.77. The van der Waals surface area contributed by atoms with Crippen LogP contribution in [-0.4, -0.2) is 57.4 Å². The van der Waals surface area contributed by atoms with E-state index in [0.29, 0.717) is 34.7 Å². The maximum absolute atomic E-state index is 12.3. The number of benzene rings is 2. The Kier molecular flexibility index (Phi) is 8.07. The second kappa shape index (κ2) is 10.4. The minimum atomic E-state index is -3.41. The number of para-hydroxylation sites is 1. The number of nitro benzene ring substituents is 1. The molecule has 196 valence electrons. The molecule has 1 saturated heterocycles. The van der Waals surface area contributed by atoms with Crippen molar-refractivity contribution in [2.45, 2.75) is 58.2 Å². The number of nitro groups is 1. The van der Waals surface area contributed by atoms with Crippen molar-refractivity contribution < 1.29 is 32.1 Å². The summed E-state index contributed by atoms with van der Waals surface area (Å²) in [6.07, 6.45) is 1.27. The molecule has 2 aromatic carbocycles. The predicted octanol–water partition coefficient (Wildman–Crippen LogP) is 3.67. The molecule has 0 radical (unpaired) electrons. The molecule has 0 bridgehead atoms.